The Kier molecular flexibility index (Phi) is 6.81. The summed E-state index contributed by atoms with van der Waals surface area (Å²) in [6, 6.07) is 11.7. The van der Waals surface area contributed by atoms with Crippen LogP contribution in [0.3, 0.4) is 0 Å². The third-order valence-corrected chi connectivity index (χ3v) is 6.58. The van der Waals surface area contributed by atoms with Crippen molar-refractivity contribution in [2.24, 2.45) is 0 Å². The summed E-state index contributed by atoms with van der Waals surface area (Å²) in [5, 5.41) is 12.9. The molecular formula is C25H32N6O2. The van der Waals surface area contributed by atoms with Gasteiger partial charge in [-0.1, -0.05) is 6.42 Å². The summed E-state index contributed by atoms with van der Waals surface area (Å²) in [5.74, 6) is 1.05. The average Bonchev–Trinajstić information content (AvgIpc) is 3.31. The van der Waals surface area contributed by atoms with Crippen LogP contribution >= 0.6 is 0 Å². The SMILES string of the molecule is O=C(c1nnc2ccc(-c3ccc(OCCCN4CCCCC4)cc3)nn12)N1CCCCC1. The molecule has 2 aliphatic rings. The highest BCUT2D eigenvalue weighted by molar-refractivity contribution is 5.91. The summed E-state index contributed by atoms with van der Waals surface area (Å²) < 4.78 is 7.51. The number of fused-ring (bicyclic) bond motifs is 1. The molecule has 2 saturated heterocycles. The number of piperidine rings is 2. The molecule has 1 aromatic carbocycles. The van der Waals surface area contributed by atoms with Crippen molar-refractivity contribution in [2.45, 2.75) is 44.9 Å². The molecule has 4 heterocycles. The predicted octanol–water partition coefficient (Wildman–Crippen LogP) is 3.67. The summed E-state index contributed by atoms with van der Waals surface area (Å²) in [6.45, 7) is 5.83. The summed E-state index contributed by atoms with van der Waals surface area (Å²) in [4.78, 5) is 17.3. The molecule has 2 aromatic heterocycles. The molecule has 2 fully saturated rings. The molecule has 8 nitrogen and oxygen atoms in total. The number of rotatable bonds is 7. The van der Waals surface area contributed by atoms with Gasteiger partial charge in [0, 0.05) is 25.2 Å². The third-order valence-electron chi connectivity index (χ3n) is 6.58. The Morgan fingerprint density at radius 1 is 0.848 bits per heavy atom. The number of aromatic nitrogens is 4. The molecule has 0 unspecified atom stereocenters. The number of amides is 1. The number of likely N-dealkylation sites (tertiary alicyclic amines) is 2. The Bertz CT molecular complexity index is 1070. The predicted molar refractivity (Wildman–Crippen MR) is 126 cm³/mol. The maximum absolute atomic E-state index is 12.9. The van der Waals surface area contributed by atoms with Gasteiger partial charge in [0.15, 0.2) is 5.65 Å². The van der Waals surface area contributed by atoms with Crippen LogP contribution in [-0.2, 0) is 0 Å². The molecule has 0 aliphatic carbocycles. The Morgan fingerprint density at radius 2 is 1.58 bits per heavy atom. The van der Waals surface area contributed by atoms with Crippen LogP contribution in [0.2, 0.25) is 0 Å². The van der Waals surface area contributed by atoms with E-state index in [0.29, 0.717) is 5.65 Å². The molecule has 1 amide bonds. The van der Waals surface area contributed by atoms with Crippen molar-refractivity contribution in [1.82, 2.24) is 29.6 Å². The van der Waals surface area contributed by atoms with Gasteiger partial charge in [-0.2, -0.15) is 9.61 Å². The number of benzene rings is 1. The van der Waals surface area contributed by atoms with Crippen molar-refractivity contribution in [3.8, 4) is 17.0 Å². The molecule has 33 heavy (non-hydrogen) atoms. The van der Waals surface area contributed by atoms with Crippen LogP contribution in [0.15, 0.2) is 36.4 Å². The van der Waals surface area contributed by atoms with Crippen LogP contribution in [0.5, 0.6) is 5.75 Å². The van der Waals surface area contributed by atoms with Gasteiger partial charge < -0.3 is 14.5 Å². The Balaban J connectivity index is 1.22. The quantitative estimate of drug-likeness (QED) is 0.514. The van der Waals surface area contributed by atoms with Crippen LogP contribution in [0, 0.1) is 0 Å². The van der Waals surface area contributed by atoms with Gasteiger partial charge in [0.05, 0.1) is 12.3 Å². The fraction of sp³-hybridized carbons (Fsp3) is 0.520. The summed E-state index contributed by atoms with van der Waals surface area (Å²) in [6.07, 6.45) is 8.30. The topological polar surface area (TPSA) is 75.9 Å². The van der Waals surface area contributed by atoms with Gasteiger partial charge in [0.1, 0.15) is 5.75 Å². The van der Waals surface area contributed by atoms with Crippen LogP contribution in [-0.4, -0.2) is 74.8 Å². The van der Waals surface area contributed by atoms with E-state index in [4.69, 9.17) is 4.74 Å². The second kappa shape index (κ2) is 10.3. The van der Waals surface area contributed by atoms with E-state index in [1.807, 2.05) is 41.3 Å². The zero-order chi connectivity index (χ0) is 22.5. The monoisotopic (exact) mass is 448 g/mol. The first-order chi connectivity index (χ1) is 16.3. The molecule has 0 spiro atoms. The normalized spacial score (nSPS) is 17.4. The number of carbonyl (C=O) groups is 1. The van der Waals surface area contributed by atoms with E-state index in [1.54, 1.807) is 4.52 Å². The van der Waals surface area contributed by atoms with Crippen molar-refractivity contribution < 1.29 is 9.53 Å². The first-order valence-electron chi connectivity index (χ1n) is 12.3. The summed E-state index contributed by atoms with van der Waals surface area (Å²) in [7, 11) is 0. The standard InChI is InChI=1S/C25H32N6O2/c32-25(30-17-5-2-6-18-30)24-27-26-23-13-12-22(28-31(23)24)20-8-10-21(11-9-20)33-19-7-16-29-14-3-1-4-15-29/h8-13H,1-7,14-19H2. The van der Waals surface area contributed by atoms with E-state index < -0.39 is 0 Å². The first kappa shape index (κ1) is 21.8. The highest BCUT2D eigenvalue weighted by Crippen LogP contribution is 2.22. The van der Waals surface area contributed by atoms with Gasteiger partial charge in [-0.25, -0.2) is 0 Å². The lowest BCUT2D eigenvalue weighted by Gasteiger charge is -2.26. The lowest BCUT2D eigenvalue weighted by Crippen LogP contribution is -2.36. The maximum Gasteiger partial charge on any atom is 0.293 e. The molecule has 0 bridgehead atoms. The lowest BCUT2D eigenvalue weighted by atomic mass is 10.1. The zero-order valence-electron chi connectivity index (χ0n) is 19.2. The second-order valence-electron chi connectivity index (χ2n) is 8.99. The molecule has 8 heteroatoms. The Morgan fingerprint density at radius 3 is 2.33 bits per heavy atom. The van der Waals surface area contributed by atoms with Crippen LogP contribution in [0.4, 0.5) is 0 Å². The first-order valence-corrected chi connectivity index (χ1v) is 12.3. The van der Waals surface area contributed by atoms with E-state index >= 15 is 0 Å². The van der Waals surface area contributed by atoms with Gasteiger partial charge in [-0.05, 0) is 88.0 Å². The molecule has 174 valence electrons. The number of ether oxygens (including phenoxy) is 1. The van der Waals surface area contributed by atoms with Crippen molar-refractivity contribution in [3.05, 3.63) is 42.2 Å². The average molecular weight is 449 g/mol. The molecule has 0 N–H and O–H groups in total. The van der Waals surface area contributed by atoms with Crippen molar-refractivity contribution >= 4 is 11.6 Å². The van der Waals surface area contributed by atoms with Crippen LogP contribution in [0.25, 0.3) is 16.9 Å². The van der Waals surface area contributed by atoms with E-state index in [0.717, 1.165) is 62.5 Å². The molecule has 0 radical (unpaired) electrons. The molecular weight excluding hydrogens is 416 g/mol. The molecule has 0 atom stereocenters. The molecule has 5 rings (SSSR count). The Hall–Kier alpha value is -3.00. The fourth-order valence-corrected chi connectivity index (χ4v) is 4.70. The van der Waals surface area contributed by atoms with Crippen molar-refractivity contribution in [3.63, 3.8) is 0 Å². The minimum atomic E-state index is -0.0971. The maximum atomic E-state index is 12.9. The Labute approximate surface area is 194 Å². The lowest BCUT2D eigenvalue weighted by molar-refractivity contribution is 0.0709. The molecule has 0 saturated carbocycles. The molecule has 2 aliphatic heterocycles. The van der Waals surface area contributed by atoms with Gasteiger partial charge in [-0.3, -0.25) is 4.79 Å². The van der Waals surface area contributed by atoms with Crippen LogP contribution in [0.1, 0.15) is 55.6 Å². The van der Waals surface area contributed by atoms with Gasteiger partial charge in [0.2, 0.25) is 5.82 Å². The van der Waals surface area contributed by atoms with E-state index in [2.05, 4.69) is 20.2 Å². The largest absolute Gasteiger partial charge is 0.494 e. The smallest absolute Gasteiger partial charge is 0.293 e. The van der Waals surface area contributed by atoms with Gasteiger partial charge >= 0.3 is 0 Å². The number of nitrogens with zero attached hydrogens (tertiary/aromatic N) is 6. The number of hydrogen-bond acceptors (Lipinski definition) is 6. The highest BCUT2D eigenvalue weighted by atomic mass is 16.5. The third kappa shape index (κ3) is 5.16. The highest BCUT2D eigenvalue weighted by Gasteiger charge is 2.23. The van der Waals surface area contributed by atoms with Crippen molar-refractivity contribution in [2.75, 3.05) is 39.3 Å². The zero-order valence-corrected chi connectivity index (χ0v) is 19.2. The minimum Gasteiger partial charge on any atom is -0.494 e. The summed E-state index contributed by atoms with van der Waals surface area (Å²) in [5.41, 5.74) is 2.31. The molecule has 3 aromatic rings. The summed E-state index contributed by atoms with van der Waals surface area (Å²) >= 11 is 0. The fourth-order valence-electron chi connectivity index (χ4n) is 4.70. The number of hydrogen-bond donors (Lipinski definition) is 0. The van der Waals surface area contributed by atoms with Crippen molar-refractivity contribution in [1.29, 1.82) is 0 Å². The van der Waals surface area contributed by atoms with Gasteiger partial charge in [0.25, 0.3) is 5.91 Å². The second-order valence-corrected chi connectivity index (χ2v) is 8.99. The minimum absolute atomic E-state index is 0.0971. The van der Waals surface area contributed by atoms with E-state index in [9.17, 15) is 4.79 Å². The van der Waals surface area contributed by atoms with Crippen LogP contribution < -0.4 is 4.74 Å². The van der Waals surface area contributed by atoms with E-state index in [-0.39, 0.29) is 11.7 Å². The van der Waals surface area contributed by atoms with E-state index in [1.165, 1.54) is 38.8 Å². The van der Waals surface area contributed by atoms with Gasteiger partial charge in [-0.15, -0.1) is 10.2 Å². The number of carbonyl (C=O) groups excluding carboxylic acids is 1.